The van der Waals surface area contributed by atoms with Crippen LogP contribution in [-0.2, 0) is 4.74 Å². The molecule has 0 spiro atoms. The smallest absolute Gasteiger partial charge is 0.138 e. The second-order valence-electron chi connectivity index (χ2n) is 6.75. The van der Waals surface area contributed by atoms with Crippen molar-refractivity contribution in [3.05, 3.63) is 66.4 Å². The number of nitrogens with zero attached hydrogens (tertiary/aromatic N) is 1. The number of hydrogen-bond donors (Lipinski definition) is 4. The van der Waals surface area contributed by atoms with Crippen molar-refractivity contribution in [1.29, 1.82) is 0 Å². The van der Waals surface area contributed by atoms with Crippen LogP contribution in [0.4, 0.5) is 0 Å². The average Bonchev–Trinajstić information content (AvgIpc) is 2.73. The molecule has 1 fully saturated rings. The molecule has 0 saturated carbocycles. The van der Waals surface area contributed by atoms with E-state index >= 15 is 0 Å². The van der Waals surface area contributed by atoms with E-state index in [0.29, 0.717) is 17.1 Å². The second kappa shape index (κ2) is 7.83. The molecule has 1 saturated heterocycles. The highest BCUT2D eigenvalue weighted by molar-refractivity contribution is 5.84. The van der Waals surface area contributed by atoms with Crippen molar-refractivity contribution >= 4 is 10.9 Å². The molecule has 2 heterocycles. The lowest BCUT2D eigenvalue weighted by Gasteiger charge is -2.40. The zero-order valence-electron chi connectivity index (χ0n) is 14.9. The number of hydrogen-bond acceptors (Lipinski definition) is 7. The topological polar surface area (TPSA) is 112 Å². The van der Waals surface area contributed by atoms with Crippen LogP contribution in [0.15, 0.2) is 60.8 Å². The van der Waals surface area contributed by atoms with E-state index in [1.807, 2.05) is 24.3 Å². The molecule has 5 atom stereocenters. The Bertz CT molecular complexity index is 957. The van der Waals surface area contributed by atoms with Gasteiger partial charge in [0.15, 0.2) is 0 Å². The Labute approximate surface area is 161 Å². The fourth-order valence-electron chi connectivity index (χ4n) is 3.42. The molecule has 1 aliphatic rings. The zero-order chi connectivity index (χ0) is 19.7. The standard InChI is InChI=1S/C21H21NO6/c23-11-17-18(24)19(25)20(26)21(28-17)12-4-3-5-13(10-12)27-16-8-9-22-15-7-2-1-6-14(15)16/h1-10,17-21,23-26H,11H2. The van der Waals surface area contributed by atoms with Crippen molar-refractivity contribution in [1.82, 2.24) is 4.98 Å². The van der Waals surface area contributed by atoms with Gasteiger partial charge in [0, 0.05) is 11.6 Å². The third-order valence-corrected chi connectivity index (χ3v) is 4.92. The van der Waals surface area contributed by atoms with Crippen LogP contribution in [0.2, 0.25) is 0 Å². The SMILES string of the molecule is OCC1OC(c2cccc(Oc3ccnc4ccccc34)c2)C(O)C(O)C1O. The molecule has 28 heavy (non-hydrogen) atoms. The first-order chi connectivity index (χ1) is 13.6. The van der Waals surface area contributed by atoms with E-state index in [1.165, 1.54) is 0 Å². The largest absolute Gasteiger partial charge is 0.457 e. The number of para-hydroxylation sites is 1. The van der Waals surface area contributed by atoms with Gasteiger partial charge in [-0.05, 0) is 35.9 Å². The second-order valence-corrected chi connectivity index (χ2v) is 6.75. The van der Waals surface area contributed by atoms with E-state index in [0.717, 1.165) is 10.9 Å². The van der Waals surface area contributed by atoms with Gasteiger partial charge in [-0.15, -0.1) is 0 Å². The van der Waals surface area contributed by atoms with Gasteiger partial charge in [0.05, 0.1) is 12.1 Å². The molecule has 7 nitrogen and oxygen atoms in total. The molecule has 0 radical (unpaired) electrons. The zero-order valence-corrected chi connectivity index (χ0v) is 14.9. The van der Waals surface area contributed by atoms with Crippen LogP contribution in [0.1, 0.15) is 11.7 Å². The van der Waals surface area contributed by atoms with E-state index in [1.54, 1.807) is 36.5 Å². The fraction of sp³-hybridized carbons (Fsp3) is 0.286. The predicted molar refractivity (Wildman–Crippen MR) is 101 cm³/mol. The molecule has 0 aliphatic carbocycles. The third kappa shape index (κ3) is 3.46. The summed E-state index contributed by atoms with van der Waals surface area (Å²) in [6.45, 7) is -0.472. The third-order valence-electron chi connectivity index (χ3n) is 4.92. The van der Waals surface area contributed by atoms with Crippen LogP contribution in [0.5, 0.6) is 11.5 Å². The molecule has 2 aromatic carbocycles. The van der Waals surface area contributed by atoms with E-state index in [2.05, 4.69) is 4.98 Å². The summed E-state index contributed by atoms with van der Waals surface area (Å²) in [6, 6.07) is 16.3. The normalized spacial score (nSPS) is 27.6. The number of aliphatic hydroxyl groups excluding tert-OH is 4. The molecular formula is C21H21NO6. The number of ether oxygens (including phenoxy) is 2. The number of pyridine rings is 1. The monoisotopic (exact) mass is 383 g/mol. The maximum absolute atomic E-state index is 10.3. The molecule has 0 bridgehead atoms. The quantitative estimate of drug-likeness (QED) is 0.541. The van der Waals surface area contributed by atoms with Crippen LogP contribution in [0, 0.1) is 0 Å². The minimum atomic E-state index is -1.43. The predicted octanol–water partition coefficient (Wildman–Crippen LogP) is 1.54. The summed E-state index contributed by atoms with van der Waals surface area (Å²) < 4.78 is 11.6. The Balaban J connectivity index is 1.63. The van der Waals surface area contributed by atoms with E-state index < -0.39 is 37.1 Å². The van der Waals surface area contributed by atoms with Crippen molar-refractivity contribution in [2.24, 2.45) is 0 Å². The first-order valence-corrected chi connectivity index (χ1v) is 9.00. The summed E-state index contributed by atoms with van der Waals surface area (Å²) in [7, 11) is 0. The minimum absolute atomic E-state index is 0.472. The van der Waals surface area contributed by atoms with Crippen molar-refractivity contribution in [2.45, 2.75) is 30.5 Å². The first-order valence-electron chi connectivity index (χ1n) is 9.00. The van der Waals surface area contributed by atoms with E-state index in [9.17, 15) is 20.4 Å². The molecular weight excluding hydrogens is 362 g/mol. The number of aromatic nitrogens is 1. The first kappa shape index (κ1) is 18.8. The molecule has 3 aromatic rings. The van der Waals surface area contributed by atoms with Gasteiger partial charge < -0.3 is 29.9 Å². The summed E-state index contributed by atoms with van der Waals surface area (Å²) in [5.74, 6) is 1.15. The maximum atomic E-state index is 10.3. The van der Waals surface area contributed by atoms with Crippen LogP contribution >= 0.6 is 0 Å². The number of benzene rings is 2. The van der Waals surface area contributed by atoms with Crippen LogP contribution in [0.3, 0.4) is 0 Å². The van der Waals surface area contributed by atoms with E-state index in [4.69, 9.17) is 9.47 Å². The Hall–Kier alpha value is -2.55. The fourth-order valence-corrected chi connectivity index (χ4v) is 3.42. The van der Waals surface area contributed by atoms with Crippen LogP contribution < -0.4 is 4.74 Å². The summed E-state index contributed by atoms with van der Waals surface area (Å²) in [5, 5.41) is 40.5. The van der Waals surface area contributed by atoms with Gasteiger partial charge in [0.1, 0.15) is 42.0 Å². The molecule has 0 amide bonds. The highest BCUT2D eigenvalue weighted by Gasteiger charge is 2.43. The lowest BCUT2D eigenvalue weighted by molar-refractivity contribution is -0.231. The average molecular weight is 383 g/mol. The van der Waals surface area contributed by atoms with E-state index in [-0.39, 0.29) is 0 Å². The van der Waals surface area contributed by atoms with Gasteiger partial charge in [-0.25, -0.2) is 0 Å². The van der Waals surface area contributed by atoms with Crippen LogP contribution in [0.25, 0.3) is 10.9 Å². The molecule has 5 unspecified atom stereocenters. The van der Waals surface area contributed by atoms with Crippen LogP contribution in [-0.4, -0.2) is 56.4 Å². The highest BCUT2D eigenvalue weighted by atomic mass is 16.5. The minimum Gasteiger partial charge on any atom is -0.457 e. The maximum Gasteiger partial charge on any atom is 0.138 e. The highest BCUT2D eigenvalue weighted by Crippen LogP contribution is 2.35. The molecule has 1 aromatic heterocycles. The molecule has 7 heteroatoms. The number of rotatable bonds is 4. The number of fused-ring (bicyclic) bond motifs is 1. The molecule has 146 valence electrons. The van der Waals surface area contributed by atoms with Gasteiger partial charge in [-0.1, -0.05) is 24.3 Å². The lowest BCUT2D eigenvalue weighted by Crippen LogP contribution is -2.55. The molecule has 4 N–H and O–H groups in total. The van der Waals surface area contributed by atoms with Crippen molar-refractivity contribution in [3.8, 4) is 11.5 Å². The Morgan fingerprint density at radius 2 is 1.75 bits per heavy atom. The van der Waals surface area contributed by atoms with Gasteiger partial charge in [-0.2, -0.15) is 0 Å². The Kier molecular flexibility index (Phi) is 5.25. The summed E-state index contributed by atoms with van der Waals surface area (Å²) in [4.78, 5) is 4.31. The van der Waals surface area contributed by atoms with Crippen molar-refractivity contribution in [2.75, 3.05) is 6.61 Å². The summed E-state index contributed by atoms with van der Waals surface area (Å²) in [6.07, 6.45) is -4.36. The summed E-state index contributed by atoms with van der Waals surface area (Å²) >= 11 is 0. The van der Waals surface area contributed by atoms with Gasteiger partial charge >= 0.3 is 0 Å². The van der Waals surface area contributed by atoms with Gasteiger partial charge in [0.25, 0.3) is 0 Å². The van der Waals surface area contributed by atoms with Gasteiger partial charge in [0.2, 0.25) is 0 Å². The van der Waals surface area contributed by atoms with Crippen molar-refractivity contribution in [3.63, 3.8) is 0 Å². The Morgan fingerprint density at radius 3 is 2.57 bits per heavy atom. The number of aliphatic hydroxyl groups is 4. The van der Waals surface area contributed by atoms with Gasteiger partial charge in [-0.3, -0.25) is 4.98 Å². The molecule has 4 rings (SSSR count). The Morgan fingerprint density at radius 1 is 0.929 bits per heavy atom. The molecule has 1 aliphatic heterocycles. The summed E-state index contributed by atoms with van der Waals surface area (Å²) in [5.41, 5.74) is 1.37. The lowest BCUT2D eigenvalue weighted by atomic mass is 9.91. The van der Waals surface area contributed by atoms with Crippen molar-refractivity contribution < 1.29 is 29.9 Å².